The van der Waals surface area contributed by atoms with E-state index in [0.717, 1.165) is 11.3 Å². The van der Waals surface area contributed by atoms with Gasteiger partial charge in [0.2, 0.25) is 5.91 Å². The summed E-state index contributed by atoms with van der Waals surface area (Å²) in [5.41, 5.74) is 2.43. The maximum absolute atomic E-state index is 12.1. The van der Waals surface area contributed by atoms with E-state index in [0.29, 0.717) is 23.7 Å². The Morgan fingerprint density at radius 1 is 1.36 bits per heavy atom. The first-order valence-electron chi connectivity index (χ1n) is 8.05. The molecule has 0 saturated carbocycles. The minimum Gasteiger partial charge on any atom is -0.494 e. The van der Waals surface area contributed by atoms with Crippen molar-refractivity contribution in [3.8, 4) is 5.75 Å². The van der Waals surface area contributed by atoms with Gasteiger partial charge in [-0.15, -0.1) is 0 Å². The number of nitro groups is 1. The van der Waals surface area contributed by atoms with Crippen LogP contribution in [0.15, 0.2) is 18.2 Å². The minimum absolute atomic E-state index is 0.00236. The highest BCUT2D eigenvalue weighted by molar-refractivity contribution is 5.90. The molecule has 1 heterocycles. The predicted molar refractivity (Wildman–Crippen MR) is 94.0 cm³/mol. The van der Waals surface area contributed by atoms with Gasteiger partial charge >= 0.3 is 5.69 Å². The highest BCUT2D eigenvalue weighted by Crippen LogP contribution is 2.23. The average molecular weight is 346 g/mol. The van der Waals surface area contributed by atoms with Crippen LogP contribution in [0.1, 0.15) is 30.3 Å². The summed E-state index contributed by atoms with van der Waals surface area (Å²) in [5.74, 6) is 0.606. The molecule has 0 bridgehead atoms. The molecule has 1 aromatic carbocycles. The maximum atomic E-state index is 12.1. The number of ether oxygens (including phenoxy) is 1. The number of carbonyl (C=O) groups is 1. The van der Waals surface area contributed by atoms with E-state index in [1.807, 2.05) is 26.0 Å². The molecule has 2 aromatic rings. The molecule has 1 amide bonds. The summed E-state index contributed by atoms with van der Waals surface area (Å²) in [6.45, 7) is 7.91. The van der Waals surface area contributed by atoms with Crippen molar-refractivity contribution in [3.05, 3.63) is 45.3 Å². The van der Waals surface area contributed by atoms with E-state index in [9.17, 15) is 14.9 Å². The third-order valence-corrected chi connectivity index (χ3v) is 3.84. The van der Waals surface area contributed by atoms with Crippen LogP contribution in [0.25, 0.3) is 0 Å². The zero-order chi connectivity index (χ0) is 18.6. The number of rotatable bonds is 7. The minimum atomic E-state index is -0.447. The quantitative estimate of drug-likeness (QED) is 0.613. The Labute approximate surface area is 145 Å². The van der Waals surface area contributed by atoms with E-state index < -0.39 is 4.92 Å². The Hall–Kier alpha value is -2.90. The molecule has 0 unspecified atom stereocenters. The molecule has 0 aliphatic rings. The molecule has 8 heteroatoms. The highest BCUT2D eigenvalue weighted by atomic mass is 16.6. The van der Waals surface area contributed by atoms with Crippen LogP contribution < -0.4 is 10.1 Å². The molecule has 0 fully saturated rings. The van der Waals surface area contributed by atoms with Crippen LogP contribution in [0.3, 0.4) is 0 Å². The van der Waals surface area contributed by atoms with E-state index in [1.54, 1.807) is 19.9 Å². The number of hydrogen-bond acceptors (Lipinski definition) is 5. The molecule has 0 spiro atoms. The number of aromatic nitrogens is 2. The van der Waals surface area contributed by atoms with E-state index in [1.165, 1.54) is 4.68 Å². The van der Waals surface area contributed by atoms with Crippen LogP contribution in [0.2, 0.25) is 0 Å². The molecule has 0 radical (unpaired) electrons. The van der Waals surface area contributed by atoms with Crippen molar-refractivity contribution < 1.29 is 14.5 Å². The summed E-state index contributed by atoms with van der Waals surface area (Å²) in [4.78, 5) is 22.7. The highest BCUT2D eigenvalue weighted by Gasteiger charge is 2.21. The summed E-state index contributed by atoms with van der Waals surface area (Å²) in [6, 6.07) is 5.44. The molecule has 8 nitrogen and oxygen atoms in total. The van der Waals surface area contributed by atoms with Gasteiger partial charge in [-0.2, -0.15) is 5.10 Å². The standard InChI is InChI=1S/C17H22N4O4/c1-5-25-15-7-6-14(10-11(15)2)18-16(22)8-9-20-13(4)17(21(23)24)12(3)19-20/h6-7,10H,5,8-9H2,1-4H3,(H,18,22). The van der Waals surface area contributed by atoms with Crippen molar-refractivity contribution in [1.29, 1.82) is 0 Å². The van der Waals surface area contributed by atoms with E-state index in [2.05, 4.69) is 10.4 Å². The summed E-state index contributed by atoms with van der Waals surface area (Å²) < 4.78 is 6.97. The largest absolute Gasteiger partial charge is 0.494 e. The lowest BCUT2D eigenvalue weighted by molar-refractivity contribution is -0.386. The zero-order valence-electron chi connectivity index (χ0n) is 14.8. The molecule has 0 aliphatic heterocycles. The molecule has 0 aliphatic carbocycles. The first-order valence-corrected chi connectivity index (χ1v) is 8.05. The monoisotopic (exact) mass is 346 g/mol. The number of benzene rings is 1. The number of carbonyl (C=O) groups excluding carboxylic acids is 1. The van der Waals surface area contributed by atoms with E-state index >= 15 is 0 Å². The second-order valence-corrected chi connectivity index (χ2v) is 5.71. The van der Waals surface area contributed by atoms with Crippen molar-refractivity contribution in [2.75, 3.05) is 11.9 Å². The van der Waals surface area contributed by atoms with Crippen LogP contribution in [-0.2, 0) is 11.3 Å². The normalized spacial score (nSPS) is 10.6. The van der Waals surface area contributed by atoms with Crippen LogP contribution in [-0.4, -0.2) is 27.2 Å². The Morgan fingerprint density at radius 2 is 2.08 bits per heavy atom. The van der Waals surface area contributed by atoms with Gasteiger partial charge in [-0.3, -0.25) is 19.6 Å². The van der Waals surface area contributed by atoms with E-state index in [4.69, 9.17) is 4.74 Å². The lowest BCUT2D eigenvalue weighted by atomic mass is 10.2. The smallest absolute Gasteiger partial charge is 0.312 e. The van der Waals surface area contributed by atoms with Crippen molar-refractivity contribution >= 4 is 17.3 Å². The van der Waals surface area contributed by atoms with Gasteiger partial charge in [0.1, 0.15) is 17.1 Å². The molecule has 134 valence electrons. The van der Waals surface area contributed by atoms with Gasteiger partial charge in [0, 0.05) is 12.1 Å². The second-order valence-electron chi connectivity index (χ2n) is 5.71. The predicted octanol–water partition coefficient (Wildman–Crippen LogP) is 3.14. The number of anilines is 1. The fourth-order valence-corrected chi connectivity index (χ4v) is 2.64. The fourth-order valence-electron chi connectivity index (χ4n) is 2.64. The number of aryl methyl sites for hydroxylation is 3. The van der Waals surface area contributed by atoms with Gasteiger partial charge in [-0.25, -0.2) is 0 Å². The first-order chi connectivity index (χ1) is 11.8. The molecule has 0 saturated heterocycles. The molecule has 25 heavy (non-hydrogen) atoms. The SMILES string of the molecule is CCOc1ccc(NC(=O)CCn2nc(C)c([N+](=O)[O-])c2C)cc1C. The van der Waals surface area contributed by atoms with Gasteiger partial charge in [0.25, 0.3) is 0 Å². The molecule has 2 rings (SSSR count). The Balaban J connectivity index is 1.98. The topological polar surface area (TPSA) is 99.3 Å². The average Bonchev–Trinajstić information content (AvgIpc) is 2.82. The summed E-state index contributed by atoms with van der Waals surface area (Å²) >= 11 is 0. The first kappa shape index (κ1) is 18.4. The molecule has 0 atom stereocenters. The van der Waals surface area contributed by atoms with Gasteiger partial charge in [-0.1, -0.05) is 0 Å². The number of nitrogens with zero attached hydrogens (tertiary/aromatic N) is 3. The van der Waals surface area contributed by atoms with Crippen molar-refractivity contribution in [2.45, 2.75) is 40.7 Å². The van der Waals surface area contributed by atoms with Gasteiger partial charge in [0.15, 0.2) is 0 Å². The number of nitrogens with one attached hydrogen (secondary N) is 1. The summed E-state index contributed by atoms with van der Waals surface area (Å²) in [7, 11) is 0. The molecule has 1 N–H and O–H groups in total. The summed E-state index contributed by atoms with van der Waals surface area (Å²) in [5, 5.41) is 18.0. The van der Waals surface area contributed by atoms with Crippen molar-refractivity contribution in [2.24, 2.45) is 0 Å². The summed E-state index contributed by atoms with van der Waals surface area (Å²) in [6.07, 6.45) is 0.172. The van der Waals surface area contributed by atoms with Gasteiger partial charge < -0.3 is 10.1 Å². The second kappa shape index (κ2) is 7.78. The number of hydrogen-bond donors (Lipinski definition) is 1. The third kappa shape index (κ3) is 4.34. The van der Waals surface area contributed by atoms with Crippen LogP contribution in [0.5, 0.6) is 5.75 Å². The van der Waals surface area contributed by atoms with Crippen molar-refractivity contribution in [3.63, 3.8) is 0 Å². The Bertz CT molecular complexity index is 798. The Morgan fingerprint density at radius 3 is 2.64 bits per heavy atom. The lowest BCUT2D eigenvalue weighted by Crippen LogP contribution is -2.15. The lowest BCUT2D eigenvalue weighted by Gasteiger charge is -2.10. The van der Waals surface area contributed by atoms with Gasteiger partial charge in [-0.05, 0) is 51.5 Å². The zero-order valence-corrected chi connectivity index (χ0v) is 14.8. The molecule has 1 aromatic heterocycles. The van der Waals surface area contributed by atoms with Gasteiger partial charge in [0.05, 0.1) is 18.1 Å². The fraction of sp³-hybridized carbons (Fsp3) is 0.412. The third-order valence-electron chi connectivity index (χ3n) is 3.84. The Kier molecular flexibility index (Phi) is 5.74. The van der Waals surface area contributed by atoms with Crippen LogP contribution in [0, 0.1) is 30.9 Å². The van der Waals surface area contributed by atoms with Crippen molar-refractivity contribution in [1.82, 2.24) is 9.78 Å². The maximum Gasteiger partial charge on any atom is 0.312 e. The number of amides is 1. The van der Waals surface area contributed by atoms with Crippen LogP contribution >= 0.6 is 0 Å². The molecular weight excluding hydrogens is 324 g/mol. The van der Waals surface area contributed by atoms with Crippen LogP contribution in [0.4, 0.5) is 11.4 Å². The molecular formula is C17H22N4O4. The van der Waals surface area contributed by atoms with E-state index in [-0.39, 0.29) is 24.6 Å².